The van der Waals surface area contributed by atoms with Crippen molar-refractivity contribution in [2.45, 2.75) is 78.0 Å². The third-order valence-corrected chi connectivity index (χ3v) is 4.43. The van der Waals surface area contributed by atoms with Crippen molar-refractivity contribution < 1.29 is 29.1 Å². The Hall–Kier alpha value is -2.69. The first-order valence-corrected chi connectivity index (χ1v) is 9.94. The molecule has 0 aromatic carbocycles. The fourth-order valence-corrected chi connectivity index (χ4v) is 2.47. The molecule has 0 aromatic heterocycles. The van der Waals surface area contributed by atoms with Crippen LogP contribution in [0, 0.1) is 11.8 Å². The Morgan fingerprint density at radius 1 is 0.833 bits per heavy atom. The van der Waals surface area contributed by atoms with Crippen LogP contribution in [0.1, 0.15) is 53.9 Å². The molecule has 0 heterocycles. The molecule has 8 N–H and O–H groups in total. The van der Waals surface area contributed by atoms with Crippen LogP contribution < -0.4 is 27.4 Å². The summed E-state index contributed by atoms with van der Waals surface area (Å²) >= 11 is 0. The summed E-state index contributed by atoms with van der Waals surface area (Å²) in [6.07, 6.45) is -0.283. The molecule has 11 heteroatoms. The van der Waals surface area contributed by atoms with Crippen LogP contribution in [0.15, 0.2) is 0 Å². The van der Waals surface area contributed by atoms with Gasteiger partial charge in [-0.1, -0.05) is 27.7 Å². The molecule has 0 saturated heterocycles. The second-order valence-electron chi connectivity index (χ2n) is 8.09. The molecule has 11 nitrogen and oxygen atoms in total. The number of carbonyl (C=O) groups is 5. The maximum absolute atomic E-state index is 12.8. The lowest BCUT2D eigenvalue weighted by Crippen LogP contribution is -2.57. The van der Waals surface area contributed by atoms with Gasteiger partial charge in [0.1, 0.15) is 18.1 Å². The zero-order valence-corrected chi connectivity index (χ0v) is 18.2. The number of carboxylic acid groups (broad SMARTS) is 1. The number of rotatable bonds is 13. The summed E-state index contributed by atoms with van der Waals surface area (Å²) in [6.45, 7) is 8.57. The molecule has 0 bridgehead atoms. The van der Waals surface area contributed by atoms with E-state index in [1.54, 1.807) is 13.8 Å². The van der Waals surface area contributed by atoms with E-state index in [4.69, 9.17) is 16.6 Å². The summed E-state index contributed by atoms with van der Waals surface area (Å²) in [6, 6.07) is -4.00. The summed E-state index contributed by atoms with van der Waals surface area (Å²) in [4.78, 5) is 59.7. The fourth-order valence-electron chi connectivity index (χ4n) is 2.47. The van der Waals surface area contributed by atoms with Gasteiger partial charge in [0.15, 0.2) is 0 Å². The summed E-state index contributed by atoms with van der Waals surface area (Å²) in [5.74, 6) is -3.95. The van der Waals surface area contributed by atoms with Crippen LogP contribution in [0.4, 0.5) is 0 Å². The number of nitrogens with one attached hydrogen (secondary N) is 3. The number of amides is 4. The van der Waals surface area contributed by atoms with Crippen molar-refractivity contribution in [1.29, 1.82) is 0 Å². The quantitative estimate of drug-likeness (QED) is 0.212. The summed E-state index contributed by atoms with van der Waals surface area (Å²) < 4.78 is 0. The highest BCUT2D eigenvalue weighted by Crippen LogP contribution is 2.08. The van der Waals surface area contributed by atoms with Crippen molar-refractivity contribution >= 4 is 29.6 Å². The highest BCUT2D eigenvalue weighted by molar-refractivity contribution is 5.94. The average molecular weight is 430 g/mol. The molecule has 0 spiro atoms. The van der Waals surface area contributed by atoms with E-state index in [0.717, 1.165) is 0 Å². The van der Waals surface area contributed by atoms with Crippen LogP contribution >= 0.6 is 0 Å². The van der Waals surface area contributed by atoms with Crippen molar-refractivity contribution in [3.05, 3.63) is 0 Å². The summed E-state index contributed by atoms with van der Waals surface area (Å²) in [7, 11) is 0. The van der Waals surface area contributed by atoms with E-state index in [-0.39, 0.29) is 31.1 Å². The van der Waals surface area contributed by atoms with Crippen molar-refractivity contribution in [1.82, 2.24) is 16.0 Å². The van der Waals surface area contributed by atoms with Gasteiger partial charge < -0.3 is 32.5 Å². The predicted molar refractivity (Wildman–Crippen MR) is 110 cm³/mol. The number of carbonyl (C=O) groups excluding carboxylic acids is 4. The second-order valence-corrected chi connectivity index (χ2v) is 8.09. The van der Waals surface area contributed by atoms with Crippen LogP contribution in [0.25, 0.3) is 0 Å². The molecule has 4 amide bonds. The van der Waals surface area contributed by atoms with Gasteiger partial charge in [0.25, 0.3) is 0 Å². The second kappa shape index (κ2) is 12.8. The lowest BCUT2D eigenvalue weighted by atomic mass is 10.0. The molecule has 0 aromatic rings. The van der Waals surface area contributed by atoms with E-state index in [9.17, 15) is 24.0 Å². The Morgan fingerprint density at radius 3 is 1.77 bits per heavy atom. The minimum absolute atomic E-state index is 0.0198. The van der Waals surface area contributed by atoms with Crippen LogP contribution in [0.5, 0.6) is 0 Å². The molecule has 0 aliphatic rings. The first-order chi connectivity index (χ1) is 13.8. The van der Waals surface area contributed by atoms with E-state index in [0.29, 0.717) is 0 Å². The molecule has 30 heavy (non-hydrogen) atoms. The zero-order valence-electron chi connectivity index (χ0n) is 18.2. The summed E-state index contributed by atoms with van der Waals surface area (Å²) in [5.41, 5.74) is 10.9. The normalized spacial score (nSPS) is 15.1. The smallest absolute Gasteiger partial charge is 0.303 e. The number of hydrogen-bond donors (Lipinski definition) is 6. The number of nitrogens with two attached hydrogens (primary N) is 2. The van der Waals surface area contributed by atoms with Gasteiger partial charge in [0.05, 0.1) is 6.04 Å². The van der Waals surface area contributed by atoms with E-state index in [1.807, 2.05) is 13.8 Å². The SMILES string of the molecule is CC(C)C[C@@H](NC(=O)[C@@H](CCC(=O)O)NC(=O)[C@H](N)C(C)C)C(=O)N[C@H](C)C(N)=O. The Bertz CT molecular complexity index is 637. The lowest BCUT2D eigenvalue weighted by molar-refractivity contribution is -0.138. The maximum atomic E-state index is 12.8. The fraction of sp³-hybridized carbons (Fsp3) is 0.737. The van der Waals surface area contributed by atoms with Crippen LogP contribution in [-0.4, -0.2) is 58.9 Å². The predicted octanol–water partition coefficient (Wildman–Crippen LogP) is -1.16. The first-order valence-electron chi connectivity index (χ1n) is 9.94. The largest absolute Gasteiger partial charge is 0.481 e. The van der Waals surface area contributed by atoms with Gasteiger partial charge in [-0.2, -0.15) is 0 Å². The maximum Gasteiger partial charge on any atom is 0.303 e. The minimum atomic E-state index is -1.19. The Balaban J connectivity index is 5.42. The van der Waals surface area contributed by atoms with Crippen LogP contribution in [-0.2, 0) is 24.0 Å². The number of primary amides is 1. The molecule has 0 aliphatic carbocycles. The molecule has 0 unspecified atom stereocenters. The van der Waals surface area contributed by atoms with Crippen molar-refractivity contribution in [2.75, 3.05) is 0 Å². The van der Waals surface area contributed by atoms with Gasteiger partial charge >= 0.3 is 5.97 Å². The zero-order chi connectivity index (χ0) is 23.6. The number of carboxylic acids is 1. The lowest BCUT2D eigenvalue weighted by Gasteiger charge is -2.26. The van der Waals surface area contributed by atoms with Crippen LogP contribution in [0.3, 0.4) is 0 Å². The van der Waals surface area contributed by atoms with Crippen molar-refractivity contribution in [2.24, 2.45) is 23.3 Å². The topological polar surface area (TPSA) is 194 Å². The van der Waals surface area contributed by atoms with Gasteiger partial charge in [-0.05, 0) is 31.6 Å². The number of hydrogen-bond acceptors (Lipinski definition) is 6. The van der Waals surface area contributed by atoms with E-state index in [2.05, 4.69) is 16.0 Å². The molecular formula is C19H35N5O6. The third-order valence-electron chi connectivity index (χ3n) is 4.43. The Morgan fingerprint density at radius 2 is 1.33 bits per heavy atom. The van der Waals surface area contributed by atoms with Crippen LogP contribution in [0.2, 0.25) is 0 Å². The standard InChI is InChI=1S/C19H35N5O6/c1-9(2)8-13(18(29)22-11(5)16(21)27)24-17(28)12(6-7-14(25)26)23-19(30)15(20)10(3)4/h9-13,15H,6-8,20H2,1-5H3,(H2,21,27)(H,22,29)(H,23,30)(H,24,28)(H,25,26)/t11-,12-,13-,15-/m1/s1. The van der Waals surface area contributed by atoms with Gasteiger partial charge in [0, 0.05) is 6.42 Å². The molecule has 0 fully saturated rings. The van der Waals surface area contributed by atoms with Crippen molar-refractivity contribution in [3.8, 4) is 0 Å². The Kier molecular flexibility index (Phi) is 11.6. The molecule has 4 atom stereocenters. The molecule has 172 valence electrons. The third kappa shape index (κ3) is 10.2. The number of aliphatic carboxylic acids is 1. The highest BCUT2D eigenvalue weighted by Gasteiger charge is 2.30. The molecular weight excluding hydrogens is 394 g/mol. The van der Waals surface area contributed by atoms with Gasteiger partial charge in [-0.15, -0.1) is 0 Å². The van der Waals surface area contributed by atoms with Gasteiger partial charge in [-0.25, -0.2) is 0 Å². The van der Waals surface area contributed by atoms with Gasteiger partial charge in [0.2, 0.25) is 23.6 Å². The molecule has 0 aliphatic heterocycles. The monoisotopic (exact) mass is 429 g/mol. The molecule has 0 rings (SSSR count). The van der Waals surface area contributed by atoms with E-state index >= 15 is 0 Å². The van der Waals surface area contributed by atoms with Gasteiger partial charge in [-0.3, -0.25) is 24.0 Å². The van der Waals surface area contributed by atoms with E-state index < -0.39 is 53.8 Å². The van der Waals surface area contributed by atoms with E-state index in [1.165, 1.54) is 6.92 Å². The highest BCUT2D eigenvalue weighted by atomic mass is 16.4. The average Bonchev–Trinajstić information content (AvgIpc) is 2.62. The summed E-state index contributed by atoms with van der Waals surface area (Å²) in [5, 5.41) is 16.4. The van der Waals surface area contributed by atoms with Crippen molar-refractivity contribution in [3.63, 3.8) is 0 Å². The molecule has 0 radical (unpaired) electrons. The minimum Gasteiger partial charge on any atom is -0.481 e. The Labute approximate surface area is 176 Å². The first kappa shape index (κ1) is 27.3. The molecule has 0 saturated carbocycles.